The molecule has 1 aromatic rings. The second kappa shape index (κ2) is 8.46. The van der Waals surface area contributed by atoms with Crippen LogP contribution in [0.2, 0.25) is 0 Å². The number of piperidine rings is 1. The van der Waals surface area contributed by atoms with E-state index >= 15 is 0 Å². The number of benzene rings is 1. The summed E-state index contributed by atoms with van der Waals surface area (Å²) < 4.78 is 0. The molecule has 6 nitrogen and oxygen atoms in total. The molecule has 6 heteroatoms. The van der Waals surface area contributed by atoms with E-state index in [-0.39, 0.29) is 30.1 Å². The summed E-state index contributed by atoms with van der Waals surface area (Å²) in [6.07, 6.45) is 2.81. The molecule has 1 fully saturated rings. The van der Waals surface area contributed by atoms with Crippen molar-refractivity contribution in [3.63, 3.8) is 0 Å². The van der Waals surface area contributed by atoms with E-state index in [0.717, 1.165) is 5.56 Å². The van der Waals surface area contributed by atoms with Gasteiger partial charge in [0.25, 0.3) is 0 Å². The molecule has 25 heavy (non-hydrogen) atoms. The fourth-order valence-electron chi connectivity index (χ4n) is 3.00. The van der Waals surface area contributed by atoms with Gasteiger partial charge in [0, 0.05) is 38.8 Å². The Morgan fingerprint density at radius 3 is 2.48 bits per heavy atom. The highest BCUT2D eigenvalue weighted by Gasteiger charge is 2.28. The van der Waals surface area contributed by atoms with Crippen molar-refractivity contribution in [2.45, 2.75) is 19.3 Å². The maximum absolute atomic E-state index is 12.6. The molecule has 1 aliphatic heterocycles. The number of carbonyl (C=O) groups is 3. The number of rotatable bonds is 5. The van der Waals surface area contributed by atoms with Crippen LogP contribution < -0.4 is 5.32 Å². The van der Waals surface area contributed by atoms with Crippen LogP contribution in [-0.2, 0) is 20.8 Å². The van der Waals surface area contributed by atoms with Crippen molar-refractivity contribution in [2.24, 2.45) is 5.92 Å². The second-order valence-corrected chi connectivity index (χ2v) is 6.42. The molecule has 1 aromatic carbocycles. The lowest BCUT2D eigenvalue weighted by Gasteiger charge is -2.32. The minimum absolute atomic E-state index is 0.00165. The second-order valence-electron chi connectivity index (χ2n) is 6.42. The normalized spacial score (nSPS) is 14.7. The van der Waals surface area contributed by atoms with Gasteiger partial charge in [-0.1, -0.05) is 24.8 Å². The zero-order valence-corrected chi connectivity index (χ0v) is 14.8. The lowest BCUT2D eigenvalue weighted by Crippen LogP contribution is -2.43. The van der Waals surface area contributed by atoms with Gasteiger partial charge in [0.1, 0.15) is 0 Å². The molecule has 2 rings (SSSR count). The van der Waals surface area contributed by atoms with Crippen LogP contribution in [-0.4, -0.2) is 54.7 Å². The topological polar surface area (TPSA) is 69.7 Å². The largest absolute Gasteiger partial charge is 0.349 e. The number of hydrogen-bond donors (Lipinski definition) is 1. The van der Waals surface area contributed by atoms with Gasteiger partial charge in [0.15, 0.2) is 0 Å². The number of para-hydroxylation sites is 1. The van der Waals surface area contributed by atoms with E-state index in [2.05, 4.69) is 11.9 Å². The Labute approximate surface area is 148 Å². The van der Waals surface area contributed by atoms with Crippen molar-refractivity contribution in [1.29, 1.82) is 0 Å². The molecule has 1 heterocycles. The van der Waals surface area contributed by atoms with Crippen LogP contribution in [0.4, 0.5) is 5.69 Å². The number of hydrogen-bond acceptors (Lipinski definition) is 3. The van der Waals surface area contributed by atoms with E-state index in [1.165, 1.54) is 6.08 Å². The number of likely N-dealkylation sites (tertiary alicyclic amines) is 1. The molecule has 0 aromatic heterocycles. The zero-order valence-electron chi connectivity index (χ0n) is 14.8. The fourth-order valence-corrected chi connectivity index (χ4v) is 3.00. The minimum Gasteiger partial charge on any atom is -0.349 e. The van der Waals surface area contributed by atoms with Gasteiger partial charge in [0.05, 0.1) is 6.42 Å². The SMILES string of the molecule is C=CC(=O)Nc1ccccc1CC(=O)N1CCC(C(=O)N(C)C)CC1. The van der Waals surface area contributed by atoms with Gasteiger partial charge in [-0.2, -0.15) is 0 Å². The number of nitrogens with one attached hydrogen (secondary N) is 1. The standard InChI is InChI=1S/C19H25N3O3/c1-4-17(23)20-16-8-6-5-7-15(16)13-18(24)22-11-9-14(10-12-22)19(25)21(2)3/h4-8,14H,1,9-13H2,2-3H3,(H,20,23). The number of amides is 3. The van der Waals surface area contributed by atoms with E-state index in [0.29, 0.717) is 31.6 Å². The van der Waals surface area contributed by atoms with Crippen LogP contribution in [0.3, 0.4) is 0 Å². The van der Waals surface area contributed by atoms with E-state index in [4.69, 9.17) is 0 Å². The maximum Gasteiger partial charge on any atom is 0.247 e. The third kappa shape index (κ3) is 4.92. The van der Waals surface area contributed by atoms with E-state index < -0.39 is 0 Å². The Balaban J connectivity index is 1.96. The van der Waals surface area contributed by atoms with Gasteiger partial charge in [-0.3, -0.25) is 14.4 Å². The Hall–Kier alpha value is -2.63. The van der Waals surface area contributed by atoms with Crippen LogP contribution in [0, 0.1) is 5.92 Å². The van der Waals surface area contributed by atoms with Gasteiger partial charge in [0.2, 0.25) is 17.7 Å². The lowest BCUT2D eigenvalue weighted by molar-refractivity contribution is -0.138. The summed E-state index contributed by atoms with van der Waals surface area (Å²) in [4.78, 5) is 39.5. The predicted molar refractivity (Wildman–Crippen MR) is 97.0 cm³/mol. The molecule has 3 amide bonds. The first-order chi connectivity index (χ1) is 11.9. The van der Waals surface area contributed by atoms with Crippen molar-refractivity contribution < 1.29 is 14.4 Å². The number of carbonyl (C=O) groups excluding carboxylic acids is 3. The number of anilines is 1. The molecule has 134 valence electrons. The van der Waals surface area contributed by atoms with Crippen LogP contribution in [0.25, 0.3) is 0 Å². The highest BCUT2D eigenvalue weighted by molar-refractivity contribution is 5.99. The summed E-state index contributed by atoms with van der Waals surface area (Å²) in [5, 5.41) is 2.73. The molecule has 0 unspecified atom stereocenters. The molecule has 1 saturated heterocycles. The van der Waals surface area contributed by atoms with Gasteiger partial charge >= 0.3 is 0 Å². The third-order valence-corrected chi connectivity index (χ3v) is 4.44. The summed E-state index contributed by atoms with van der Waals surface area (Å²) in [6, 6.07) is 7.25. The zero-order chi connectivity index (χ0) is 18.4. The summed E-state index contributed by atoms with van der Waals surface area (Å²) >= 11 is 0. The first-order valence-electron chi connectivity index (χ1n) is 8.42. The Morgan fingerprint density at radius 2 is 1.88 bits per heavy atom. The molecular formula is C19H25N3O3. The van der Waals surface area contributed by atoms with Crippen LogP contribution in [0.15, 0.2) is 36.9 Å². The summed E-state index contributed by atoms with van der Waals surface area (Å²) in [5.74, 6) is -0.165. The van der Waals surface area contributed by atoms with Crippen molar-refractivity contribution >= 4 is 23.4 Å². The quantitative estimate of drug-likeness (QED) is 0.827. The van der Waals surface area contributed by atoms with Gasteiger partial charge < -0.3 is 15.1 Å². The highest BCUT2D eigenvalue weighted by Crippen LogP contribution is 2.21. The molecule has 0 atom stereocenters. The van der Waals surface area contributed by atoms with Gasteiger partial charge in [-0.25, -0.2) is 0 Å². The minimum atomic E-state index is -0.303. The van der Waals surface area contributed by atoms with Gasteiger partial charge in [-0.05, 0) is 30.5 Å². The Bertz CT molecular complexity index is 662. The van der Waals surface area contributed by atoms with E-state index in [1.54, 1.807) is 30.0 Å². The van der Waals surface area contributed by atoms with E-state index in [9.17, 15) is 14.4 Å². The predicted octanol–water partition coefficient (Wildman–Crippen LogP) is 1.68. The molecule has 1 N–H and O–H groups in total. The Morgan fingerprint density at radius 1 is 1.24 bits per heavy atom. The highest BCUT2D eigenvalue weighted by atomic mass is 16.2. The summed E-state index contributed by atoms with van der Waals surface area (Å²) in [5.41, 5.74) is 1.40. The van der Waals surface area contributed by atoms with Crippen molar-refractivity contribution in [1.82, 2.24) is 9.80 Å². The summed E-state index contributed by atoms with van der Waals surface area (Å²) in [7, 11) is 3.52. The maximum atomic E-state index is 12.6. The van der Waals surface area contributed by atoms with Gasteiger partial charge in [-0.15, -0.1) is 0 Å². The van der Waals surface area contributed by atoms with Crippen molar-refractivity contribution in [3.05, 3.63) is 42.5 Å². The molecular weight excluding hydrogens is 318 g/mol. The number of nitrogens with zero attached hydrogens (tertiary/aromatic N) is 2. The average molecular weight is 343 g/mol. The summed E-state index contributed by atoms with van der Waals surface area (Å²) in [6.45, 7) is 4.61. The monoisotopic (exact) mass is 343 g/mol. The van der Waals surface area contributed by atoms with Crippen molar-refractivity contribution in [2.75, 3.05) is 32.5 Å². The fraction of sp³-hybridized carbons (Fsp3) is 0.421. The first-order valence-corrected chi connectivity index (χ1v) is 8.42. The molecule has 0 bridgehead atoms. The third-order valence-electron chi connectivity index (χ3n) is 4.44. The van der Waals surface area contributed by atoms with E-state index in [1.807, 2.05) is 18.2 Å². The molecule has 0 aliphatic carbocycles. The Kier molecular flexibility index (Phi) is 6.33. The van der Waals surface area contributed by atoms with Crippen LogP contribution in [0.1, 0.15) is 18.4 Å². The van der Waals surface area contributed by atoms with Crippen molar-refractivity contribution in [3.8, 4) is 0 Å². The lowest BCUT2D eigenvalue weighted by atomic mass is 9.95. The first kappa shape index (κ1) is 18.7. The molecule has 0 radical (unpaired) electrons. The molecule has 0 saturated carbocycles. The molecule has 1 aliphatic rings. The van der Waals surface area contributed by atoms with Crippen LogP contribution in [0.5, 0.6) is 0 Å². The molecule has 0 spiro atoms. The smallest absolute Gasteiger partial charge is 0.247 e. The van der Waals surface area contributed by atoms with Crippen LogP contribution >= 0.6 is 0 Å². The average Bonchev–Trinajstić information content (AvgIpc) is 2.62.